The highest BCUT2D eigenvalue weighted by Gasteiger charge is 2.30. The maximum absolute atomic E-state index is 13.5. The van der Waals surface area contributed by atoms with E-state index in [2.05, 4.69) is 24.7 Å². The van der Waals surface area contributed by atoms with E-state index in [0.717, 1.165) is 12.8 Å². The van der Waals surface area contributed by atoms with Crippen LogP contribution < -0.4 is 10.9 Å². The zero-order valence-corrected chi connectivity index (χ0v) is 15.9. The molecular weight excluding hydrogens is 319 g/mol. The van der Waals surface area contributed by atoms with Crippen molar-refractivity contribution in [2.24, 2.45) is 5.92 Å². The second kappa shape index (κ2) is 8.74. The van der Waals surface area contributed by atoms with Crippen LogP contribution in [0, 0.1) is 11.7 Å². The van der Waals surface area contributed by atoms with Gasteiger partial charge in [0.05, 0.1) is 0 Å². The van der Waals surface area contributed by atoms with Crippen LogP contribution in [0.25, 0.3) is 0 Å². The number of hydrogen-bond acceptors (Lipinski definition) is 4. The summed E-state index contributed by atoms with van der Waals surface area (Å²) in [4.78, 5) is 16.5. The van der Waals surface area contributed by atoms with Crippen LogP contribution in [0.5, 0.6) is 0 Å². The summed E-state index contributed by atoms with van der Waals surface area (Å²) < 4.78 is 13.5. The maximum Gasteiger partial charge on any atom is 0.244 e. The van der Waals surface area contributed by atoms with Gasteiger partial charge >= 0.3 is 0 Å². The lowest BCUT2D eigenvalue weighted by Gasteiger charge is -2.29. The van der Waals surface area contributed by atoms with Crippen LogP contribution in [-0.4, -0.2) is 55.5 Å². The number of rotatable bonds is 7. The average molecular weight is 350 g/mol. The van der Waals surface area contributed by atoms with Crippen molar-refractivity contribution in [3.05, 3.63) is 35.6 Å². The molecule has 0 spiro atoms. The summed E-state index contributed by atoms with van der Waals surface area (Å²) in [5.74, 6) is 0.250. The first-order valence-electron chi connectivity index (χ1n) is 8.99. The van der Waals surface area contributed by atoms with E-state index in [1.54, 1.807) is 17.0 Å². The van der Waals surface area contributed by atoms with E-state index in [9.17, 15) is 9.18 Å². The number of likely N-dealkylation sites (N-methyl/N-ethyl adjacent to an activating group) is 2. The molecular formula is C19H31FN4O. The predicted molar refractivity (Wildman–Crippen MR) is 98.4 cm³/mol. The van der Waals surface area contributed by atoms with E-state index in [-0.39, 0.29) is 11.7 Å². The fourth-order valence-electron chi connectivity index (χ4n) is 3.63. The van der Waals surface area contributed by atoms with Gasteiger partial charge in [-0.3, -0.25) is 20.5 Å². The van der Waals surface area contributed by atoms with Gasteiger partial charge < -0.3 is 4.90 Å². The molecule has 3 unspecified atom stereocenters. The lowest BCUT2D eigenvalue weighted by molar-refractivity contribution is -0.135. The molecule has 1 saturated heterocycles. The van der Waals surface area contributed by atoms with Crippen LogP contribution in [0.15, 0.2) is 24.3 Å². The van der Waals surface area contributed by atoms with Crippen molar-refractivity contribution < 1.29 is 9.18 Å². The summed E-state index contributed by atoms with van der Waals surface area (Å²) in [5.41, 5.74) is 7.22. The minimum Gasteiger partial charge on any atom is -0.344 e. The van der Waals surface area contributed by atoms with Gasteiger partial charge in [0, 0.05) is 25.7 Å². The molecule has 1 fully saturated rings. The van der Waals surface area contributed by atoms with Crippen LogP contribution in [0.3, 0.4) is 0 Å². The van der Waals surface area contributed by atoms with Crippen molar-refractivity contribution in [3.63, 3.8) is 0 Å². The summed E-state index contributed by atoms with van der Waals surface area (Å²) in [6, 6.07) is 6.71. The highest BCUT2D eigenvalue weighted by Crippen LogP contribution is 2.23. The topological polar surface area (TPSA) is 47.6 Å². The molecule has 6 heteroatoms. The molecule has 0 radical (unpaired) electrons. The van der Waals surface area contributed by atoms with Crippen molar-refractivity contribution in [3.8, 4) is 0 Å². The molecule has 0 aromatic heterocycles. The van der Waals surface area contributed by atoms with E-state index >= 15 is 0 Å². The fraction of sp³-hybridized carbons (Fsp3) is 0.632. The fourth-order valence-corrected chi connectivity index (χ4v) is 3.63. The number of benzene rings is 1. The predicted octanol–water partition coefficient (Wildman–Crippen LogP) is 2.17. The summed E-state index contributed by atoms with van der Waals surface area (Å²) >= 11 is 0. The van der Waals surface area contributed by atoms with E-state index in [1.807, 2.05) is 26.0 Å². The Kier molecular flexibility index (Phi) is 6.93. The van der Waals surface area contributed by atoms with Gasteiger partial charge in [-0.1, -0.05) is 12.1 Å². The third-order valence-corrected chi connectivity index (χ3v) is 5.15. The van der Waals surface area contributed by atoms with Crippen molar-refractivity contribution in [2.45, 2.75) is 44.8 Å². The summed E-state index contributed by atoms with van der Waals surface area (Å²) in [6.45, 7) is 5.07. The first-order chi connectivity index (χ1) is 11.8. The molecule has 0 aliphatic carbocycles. The zero-order valence-electron chi connectivity index (χ0n) is 15.9. The molecule has 1 amide bonds. The van der Waals surface area contributed by atoms with Gasteiger partial charge in [-0.2, -0.15) is 0 Å². The number of nitrogens with zero attached hydrogens (tertiary/aromatic N) is 2. The number of nitrogens with one attached hydrogen (secondary N) is 2. The highest BCUT2D eigenvalue weighted by atomic mass is 19.1. The van der Waals surface area contributed by atoms with Gasteiger partial charge in [-0.25, -0.2) is 4.39 Å². The Balaban J connectivity index is 1.94. The van der Waals surface area contributed by atoms with E-state index < -0.39 is 6.04 Å². The minimum absolute atomic E-state index is 0.000584. The molecule has 2 rings (SSSR count). The number of hydrogen-bond donors (Lipinski definition) is 2. The van der Waals surface area contributed by atoms with Crippen molar-refractivity contribution in [2.75, 3.05) is 27.7 Å². The van der Waals surface area contributed by atoms with E-state index in [1.165, 1.54) is 12.1 Å². The van der Waals surface area contributed by atoms with Crippen LogP contribution >= 0.6 is 0 Å². The molecule has 5 nitrogen and oxygen atoms in total. The van der Waals surface area contributed by atoms with Crippen molar-refractivity contribution >= 4 is 5.91 Å². The highest BCUT2D eigenvalue weighted by molar-refractivity contribution is 5.83. The van der Waals surface area contributed by atoms with E-state index in [4.69, 9.17) is 0 Å². The summed E-state index contributed by atoms with van der Waals surface area (Å²) in [5, 5.41) is 0. The largest absolute Gasteiger partial charge is 0.344 e. The number of halogens is 1. The summed E-state index contributed by atoms with van der Waals surface area (Å²) in [6.07, 6.45) is 2.01. The van der Waals surface area contributed by atoms with E-state index in [0.29, 0.717) is 30.1 Å². The molecule has 3 atom stereocenters. The number of carbonyl (C=O) groups excluding carboxylic acids is 1. The molecule has 0 saturated carbocycles. The van der Waals surface area contributed by atoms with Crippen molar-refractivity contribution in [1.82, 2.24) is 20.7 Å². The smallest absolute Gasteiger partial charge is 0.244 e. The molecule has 1 aliphatic rings. The van der Waals surface area contributed by atoms with Gasteiger partial charge in [0.25, 0.3) is 0 Å². The first-order valence-corrected chi connectivity index (χ1v) is 8.99. The quantitative estimate of drug-likeness (QED) is 0.791. The Morgan fingerprint density at radius 1 is 1.20 bits per heavy atom. The van der Waals surface area contributed by atoms with Gasteiger partial charge in [-0.15, -0.1) is 0 Å². The number of amides is 1. The number of hydrazine groups is 1. The molecule has 0 bridgehead atoms. The minimum atomic E-state index is -0.464. The third kappa shape index (κ3) is 5.00. The van der Waals surface area contributed by atoms with Crippen LogP contribution in [0.4, 0.5) is 4.39 Å². The lowest BCUT2D eigenvalue weighted by Crippen LogP contribution is -2.39. The van der Waals surface area contributed by atoms with Crippen LogP contribution in [-0.2, 0) is 4.79 Å². The maximum atomic E-state index is 13.5. The molecule has 1 aromatic rings. The second-order valence-electron chi connectivity index (χ2n) is 7.35. The molecule has 1 aliphatic heterocycles. The Hall–Kier alpha value is -1.50. The van der Waals surface area contributed by atoms with Gasteiger partial charge in [0.1, 0.15) is 11.9 Å². The summed E-state index contributed by atoms with van der Waals surface area (Å²) in [7, 11) is 5.53. The Labute approximate surface area is 150 Å². The average Bonchev–Trinajstić information content (AvgIpc) is 2.86. The van der Waals surface area contributed by atoms with Crippen LogP contribution in [0.2, 0.25) is 0 Å². The van der Waals surface area contributed by atoms with Crippen LogP contribution in [0.1, 0.15) is 38.3 Å². The zero-order chi connectivity index (χ0) is 18.6. The molecule has 1 aromatic carbocycles. The lowest BCUT2D eigenvalue weighted by atomic mass is 9.91. The Morgan fingerprint density at radius 2 is 1.84 bits per heavy atom. The second-order valence-corrected chi connectivity index (χ2v) is 7.35. The third-order valence-electron chi connectivity index (χ3n) is 5.15. The first kappa shape index (κ1) is 19.8. The van der Waals surface area contributed by atoms with Gasteiger partial charge in [0.2, 0.25) is 5.91 Å². The monoisotopic (exact) mass is 350 g/mol. The van der Waals surface area contributed by atoms with Gasteiger partial charge in [-0.05, 0) is 64.4 Å². The number of carbonyl (C=O) groups is 1. The van der Waals surface area contributed by atoms with Crippen molar-refractivity contribution in [1.29, 1.82) is 0 Å². The SMILES string of the molecule is CC1NNC(C)C1CCCN(C)C(=O)C(c1cccc(F)c1)N(C)C. The Morgan fingerprint density at radius 3 is 2.40 bits per heavy atom. The standard InChI is InChI=1S/C19H31FN4O/c1-13-17(14(2)22-21-13)10-7-11-24(5)19(25)18(23(3)4)15-8-6-9-16(20)12-15/h6,8-9,12-14,17-18,21-22H,7,10-11H2,1-5H3. The molecule has 140 valence electrons. The molecule has 1 heterocycles. The molecule has 25 heavy (non-hydrogen) atoms. The molecule has 2 N–H and O–H groups in total. The van der Waals surface area contributed by atoms with Gasteiger partial charge in [0.15, 0.2) is 0 Å². The Bertz CT molecular complexity index is 570. The normalized spacial score (nSPS) is 24.5.